The highest BCUT2D eigenvalue weighted by atomic mass is 16.3. The second kappa shape index (κ2) is 6.05. The van der Waals surface area contributed by atoms with Crippen LogP contribution >= 0.6 is 0 Å². The van der Waals surface area contributed by atoms with Crippen LogP contribution in [-0.2, 0) is 0 Å². The third kappa shape index (κ3) is 2.14. The average Bonchev–Trinajstić information content (AvgIpc) is 3.53. The summed E-state index contributed by atoms with van der Waals surface area (Å²) >= 11 is 0. The molecule has 33 heavy (non-hydrogen) atoms. The van der Waals surface area contributed by atoms with E-state index in [1.165, 1.54) is 10.9 Å². The number of furan rings is 2. The van der Waals surface area contributed by atoms with Gasteiger partial charge in [0.1, 0.15) is 22.3 Å². The fourth-order valence-electron chi connectivity index (χ4n) is 5.41. The summed E-state index contributed by atoms with van der Waals surface area (Å²) < 4.78 is 15.2. The molecule has 3 nitrogen and oxygen atoms in total. The number of nitrogens with zero attached hydrogens (tertiary/aromatic N) is 1. The van der Waals surface area contributed by atoms with Crippen LogP contribution in [0.1, 0.15) is 0 Å². The molecule has 0 bridgehead atoms. The van der Waals surface area contributed by atoms with Gasteiger partial charge in [0, 0.05) is 27.2 Å². The lowest BCUT2D eigenvalue weighted by atomic mass is 10.1. The van der Waals surface area contributed by atoms with Crippen LogP contribution in [0.25, 0.3) is 71.4 Å². The summed E-state index contributed by atoms with van der Waals surface area (Å²) in [4.78, 5) is 0. The van der Waals surface area contributed by atoms with Crippen molar-refractivity contribution in [2.45, 2.75) is 0 Å². The lowest BCUT2D eigenvalue weighted by Gasteiger charge is -2.07. The van der Waals surface area contributed by atoms with E-state index in [1.807, 2.05) is 18.2 Å². The SMILES string of the molecule is c1ccc(-n2c3ccccc3c3c4oc5c(ccc6oc7ccccc7c65)c4ccc32)cc1. The van der Waals surface area contributed by atoms with Crippen LogP contribution in [0.4, 0.5) is 0 Å². The van der Waals surface area contributed by atoms with E-state index in [0.29, 0.717) is 0 Å². The van der Waals surface area contributed by atoms with Crippen LogP contribution in [0, 0.1) is 0 Å². The highest BCUT2D eigenvalue weighted by molar-refractivity contribution is 6.28. The highest BCUT2D eigenvalue weighted by Crippen LogP contribution is 2.43. The van der Waals surface area contributed by atoms with E-state index in [4.69, 9.17) is 8.83 Å². The van der Waals surface area contributed by atoms with E-state index in [-0.39, 0.29) is 0 Å². The molecule has 5 aromatic carbocycles. The molecule has 3 heteroatoms. The van der Waals surface area contributed by atoms with Gasteiger partial charge in [-0.2, -0.15) is 0 Å². The van der Waals surface area contributed by atoms with Crippen LogP contribution in [0.2, 0.25) is 0 Å². The summed E-state index contributed by atoms with van der Waals surface area (Å²) in [5.41, 5.74) is 7.00. The number of rotatable bonds is 1. The monoisotopic (exact) mass is 423 g/mol. The van der Waals surface area contributed by atoms with Gasteiger partial charge in [0.2, 0.25) is 0 Å². The van der Waals surface area contributed by atoms with Crippen molar-refractivity contribution in [1.82, 2.24) is 4.57 Å². The molecule has 0 atom stereocenters. The molecule has 0 radical (unpaired) electrons. The third-order valence-corrected chi connectivity index (χ3v) is 6.80. The molecule has 8 aromatic rings. The first-order valence-corrected chi connectivity index (χ1v) is 11.1. The van der Waals surface area contributed by atoms with Crippen LogP contribution in [0.15, 0.2) is 112 Å². The van der Waals surface area contributed by atoms with Crippen molar-refractivity contribution in [2.24, 2.45) is 0 Å². The molecular formula is C30H17NO2. The van der Waals surface area contributed by atoms with E-state index in [1.54, 1.807) is 0 Å². The Kier molecular flexibility index (Phi) is 3.14. The lowest BCUT2D eigenvalue weighted by Crippen LogP contribution is -1.92. The van der Waals surface area contributed by atoms with Gasteiger partial charge in [-0.25, -0.2) is 0 Å². The van der Waals surface area contributed by atoms with E-state index in [2.05, 4.69) is 89.5 Å². The Morgan fingerprint density at radius 3 is 2.00 bits per heavy atom. The van der Waals surface area contributed by atoms with E-state index >= 15 is 0 Å². The molecule has 0 spiro atoms. The number of benzene rings is 5. The zero-order valence-electron chi connectivity index (χ0n) is 17.6. The Hall–Kier alpha value is -4.50. The molecule has 0 saturated heterocycles. The number of fused-ring (bicyclic) bond motifs is 11. The van der Waals surface area contributed by atoms with E-state index in [9.17, 15) is 0 Å². The van der Waals surface area contributed by atoms with Crippen molar-refractivity contribution >= 4 is 65.7 Å². The van der Waals surface area contributed by atoms with Crippen LogP contribution in [-0.4, -0.2) is 4.57 Å². The molecule has 0 N–H and O–H groups in total. The number of para-hydroxylation sites is 3. The largest absolute Gasteiger partial charge is 0.456 e. The molecule has 0 unspecified atom stereocenters. The van der Waals surface area contributed by atoms with Gasteiger partial charge in [-0.15, -0.1) is 0 Å². The topological polar surface area (TPSA) is 31.2 Å². The summed E-state index contributed by atoms with van der Waals surface area (Å²) in [5, 5.41) is 6.70. The Morgan fingerprint density at radius 2 is 1.12 bits per heavy atom. The minimum Gasteiger partial charge on any atom is -0.456 e. The second-order valence-corrected chi connectivity index (χ2v) is 8.54. The summed E-state index contributed by atoms with van der Waals surface area (Å²) in [6, 6.07) is 35.8. The Balaban J connectivity index is 1.60. The zero-order valence-corrected chi connectivity index (χ0v) is 17.6. The minimum atomic E-state index is 0.853. The second-order valence-electron chi connectivity index (χ2n) is 8.54. The zero-order chi connectivity index (χ0) is 21.5. The normalized spacial score (nSPS) is 12.2. The third-order valence-electron chi connectivity index (χ3n) is 6.80. The first kappa shape index (κ1) is 17.1. The first-order chi connectivity index (χ1) is 16.4. The number of hydrogen-bond donors (Lipinski definition) is 0. The van der Waals surface area contributed by atoms with Gasteiger partial charge in [0.25, 0.3) is 0 Å². The van der Waals surface area contributed by atoms with Crippen LogP contribution in [0.5, 0.6) is 0 Å². The highest BCUT2D eigenvalue weighted by Gasteiger charge is 2.20. The summed E-state index contributed by atoms with van der Waals surface area (Å²) in [6.07, 6.45) is 0. The fraction of sp³-hybridized carbons (Fsp3) is 0. The Labute approximate surface area is 188 Å². The van der Waals surface area contributed by atoms with Gasteiger partial charge in [0.05, 0.1) is 21.8 Å². The Bertz CT molecular complexity index is 2020. The average molecular weight is 423 g/mol. The van der Waals surface area contributed by atoms with Crippen molar-refractivity contribution in [2.75, 3.05) is 0 Å². The van der Waals surface area contributed by atoms with Crippen LogP contribution in [0.3, 0.4) is 0 Å². The van der Waals surface area contributed by atoms with Gasteiger partial charge < -0.3 is 13.4 Å². The van der Waals surface area contributed by atoms with Gasteiger partial charge in [-0.05, 0) is 48.5 Å². The fourth-order valence-corrected chi connectivity index (χ4v) is 5.41. The number of aromatic nitrogens is 1. The Morgan fingerprint density at radius 1 is 0.424 bits per heavy atom. The maximum Gasteiger partial charge on any atom is 0.147 e. The predicted molar refractivity (Wildman–Crippen MR) is 135 cm³/mol. The van der Waals surface area contributed by atoms with E-state index in [0.717, 1.165) is 60.5 Å². The lowest BCUT2D eigenvalue weighted by molar-refractivity contribution is 0.664. The molecule has 0 aliphatic carbocycles. The quantitative estimate of drug-likeness (QED) is 0.265. The standard InChI is InChI=1S/C30H17NO2/c1-2-8-18(9-3-1)31-23-12-6-4-10-21(23)27-24(31)16-14-19-20-15-17-26-28(30(20)33-29(19)27)22-11-5-7-13-25(22)32-26/h1-17H. The molecule has 3 aromatic heterocycles. The maximum atomic E-state index is 6.73. The molecule has 0 aliphatic rings. The summed E-state index contributed by atoms with van der Waals surface area (Å²) in [6.45, 7) is 0. The van der Waals surface area contributed by atoms with E-state index < -0.39 is 0 Å². The molecule has 8 rings (SSSR count). The summed E-state index contributed by atoms with van der Waals surface area (Å²) in [5.74, 6) is 0. The van der Waals surface area contributed by atoms with Crippen molar-refractivity contribution < 1.29 is 8.83 Å². The van der Waals surface area contributed by atoms with Gasteiger partial charge >= 0.3 is 0 Å². The van der Waals surface area contributed by atoms with Crippen molar-refractivity contribution in [1.29, 1.82) is 0 Å². The predicted octanol–water partition coefficient (Wildman–Crippen LogP) is 8.58. The van der Waals surface area contributed by atoms with Crippen molar-refractivity contribution in [3.8, 4) is 5.69 Å². The van der Waals surface area contributed by atoms with Crippen molar-refractivity contribution in [3.63, 3.8) is 0 Å². The molecule has 0 fully saturated rings. The molecular weight excluding hydrogens is 406 g/mol. The smallest absolute Gasteiger partial charge is 0.147 e. The van der Waals surface area contributed by atoms with Gasteiger partial charge in [0.15, 0.2) is 0 Å². The molecule has 154 valence electrons. The molecule has 0 aliphatic heterocycles. The maximum absolute atomic E-state index is 6.73. The summed E-state index contributed by atoms with van der Waals surface area (Å²) in [7, 11) is 0. The molecule has 3 heterocycles. The van der Waals surface area contributed by atoms with Gasteiger partial charge in [-0.3, -0.25) is 0 Å². The minimum absolute atomic E-state index is 0.853. The molecule has 0 amide bonds. The van der Waals surface area contributed by atoms with Crippen LogP contribution < -0.4 is 0 Å². The first-order valence-electron chi connectivity index (χ1n) is 11.1. The van der Waals surface area contributed by atoms with Crippen molar-refractivity contribution in [3.05, 3.63) is 103 Å². The molecule has 0 saturated carbocycles. The van der Waals surface area contributed by atoms with Gasteiger partial charge in [-0.1, -0.05) is 54.6 Å². The number of hydrogen-bond acceptors (Lipinski definition) is 2.